The van der Waals surface area contributed by atoms with Crippen molar-refractivity contribution < 1.29 is 19.1 Å². The maximum absolute atomic E-state index is 13.3. The van der Waals surface area contributed by atoms with Crippen molar-refractivity contribution in [2.24, 2.45) is 0 Å². The molecule has 0 aromatic heterocycles. The topological polar surface area (TPSA) is 67.9 Å². The van der Waals surface area contributed by atoms with E-state index >= 15 is 0 Å². The van der Waals surface area contributed by atoms with Crippen LogP contribution in [-0.4, -0.2) is 42.5 Å². The van der Waals surface area contributed by atoms with E-state index in [9.17, 15) is 9.59 Å². The summed E-state index contributed by atoms with van der Waals surface area (Å²) < 4.78 is 11.2. The number of carbonyl (C=O) groups is 2. The van der Waals surface area contributed by atoms with Gasteiger partial charge in [0.15, 0.2) is 6.61 Å². The average Bonchev–Trinajstić information content (AvgIpc) is 2.77. The lowest BCUT2D eigenvalue weighted by atomic mass is 10.0. The van der Waals surface area contributed by atoms with Crippen LogP contribution in [0.4, 0.5) is 0 Å². The molecule has 2 aromatic rings. The molecule has 0 fully saturated rings. The number of hydrogen-bond donors (Lipinski definition) is 1. The Balaban J connectivity index is 2.27. The first-order valence-corrected chi connectivity index (χ1v) is 11.2. The summed E-state index contributed by atoms with van der Waals surface area (Å²) in [6, 6.07) is 14.6. The highest BCUT2D eigenvalue weighted by molar-refractivity contribution is 5.88. The monoisotopic (exact) mass is 440 g/mol. The Hall–Kier alpha value is -3.02. The van der Waals surface area contributed by atoms with Crippen LogP contribution in [0, 0.1) is 0 Å². The second-order valence-electron chi connectivity index (χ2n) is 8.44. The van der Waals surface area contributed by atoms with Gasteiger partial charge >= 0.3 is 0 Å². The zero-order valence-electron chi connectivity index (χ0n) is 20.1. The molecule has 0 saturated heterocycles. The van der Waals surface area contributed by atoms with Crippen LogP contribution in [0.5, 0.6) is 11.5 Å². The Bertz CT molecular complexity index is 895. The summed E-state index contributed by atoms with van der Waals surface area (Å²) in [5.74, 6) is 1.27. The normalized spacial score (nSPS) is 11.9. The van der Waals surface area contributed by atoms with E-state index < -0.39 is 6.04 Å². The van der Waals surface area contributed by atoms with Gasteiger partial charge in [-0.05, 0) is 55.5 Å². The summed E-state index contributed by atoms with van der Waals surface area (Å²) >= 11 is 0. The minimum atomic E-state index is -0.597. The summed E-state index contributed by atoms with van der Waals surface area (Å²) in [4.78, 5) is 27.8. The van der Waals surface area contributed by atoms with E-state index in [4.69, 9.17) is 9.47 Å². The molecule has 6 heteroatoms. The largest absolute Gasteiger partial charge is 0.497 e. The van der Waals surface area contributed by atoms with Gasteiger partial charge in [0.1, 0.15) is 17.5 Å². The summed E-state index contributed by atoms with van der Waals surface area (Å²) in [6.45, 7) is 10.0. The molecular formula is C26H36N2O4. The maximum atomic E-state index is 13.3. The molecule has 0 aliphatic rings. The molecule has 0 bridgehead atoms. The molecule has 6 nitrogen and oxygen atoms in total. The summed E-state index contributed by atoms with van der Waals surface area (Å²) in [5, 5.41) is 2.94. The lowest BCUT2D eigenvalue weighted by Crippen LogP contribution is -2.51. The van der Waals surface area contributed by atoms with Gasteiger partial charge in [0.2, 0.25) is 5.91 Å². The zero-order chi connectivity index (χ0) is 23.7. The van der Waals surface area contributed by atoms with Crippen LogP contribution in [0.2, 0.25) is 0 Å². The van der Waals surface area contributed by atoms with Gasteiger partial charge in [-0.1, -0.05) is 51.1 Å². The average molecular weight is 441 g/mol. The first-order chi connectivity index (χ1) is 15.3. The van der Waals surface area contributed by atoms with Crippen LogP contribution in [-0.2, 0) is 16.1 Å². The number of methoxy groups -OCH3 is 1. The Morgan fingerprint density at radius 2 is 1.75 bits per heavy atom. The molecular weight excluding hydrogens is 404 g/mol. The van der Waals surface area contributed by atoms with E-state index in [1.54, 1.807) is 12.0 Å². The zero-order valence-corrected chi connectivity index (χ0v) is 20.1. The molecule has 1 N–H and O–H groups in total. The summed E-state index contributed by atoms with van der Waals surface area (Å²) in [5.41, 5.74) is 1.93. The Morgan fingerprint density at radius 3 is 2.38 bits per heavy atom. The lowest BCUT2D eigenvalue weighted by Gasteiger charge is -2.31. The molecule has 0 aliphatic carbocycles. The minimum Gasteiger partial charge on any atom is -0.497 e. The highest BCUT2D eigenvalue weighted by atomic mass is 16.5. The van der Waals surface area contributed by atoms with Gasteiger partial charge in [-0.15, -0.1) is 0 Å². The van der Waals surface area contributed by atoms with E-state index in [1.165, 1.54) is 0 Å². The first kappa shape index (κ1) is 25.2. The van der Waals surface area contributed by atoms with Gasteiger partial charge in [0, 0.05) is 12.6 Å². The van der Waals surface area contributed by atoms with Crippen molar-refractivity contribution in [3.8, 4) is 11.5 Å². The first-order valence-electron chi connectivity index (χ1n) is 11.2. The predicted molar refractivity (Wildman–Crippen MR) is 127 cm³/mol. The molecule has 1 unspecified atom stereocenters. The highest BCUT2D eigenvalue weighted by Crippen LogP contribution is 2.26. The van der Waals surface area contributed by atoms with Crippen LogP contribution in [0.15, 0.2) is 48.5 Å². The smallest absolute Gasteiger partial charge is 0.261 e. The van der Waals surface area contributed by atoms with Gasteiger partial charge < -0.3 is 19.7 Å². The quantitative estimate of drug-likeness (QED) is 0.557. The van der Waals surface area contributed by atoms with Crippen molar-refractivity contribution in [3.63, 3.8) is 0 Å². The van der Waals surface area contributed by atoms with E-state index in [0.717, 1.165) is 11.1 Å². The van der Waals surface area contributed by atoms with E-state index in [1.807, 2.05) is 69.3 Å². The van der Waals surface area contributed by atoms with E-state index in [2.05, 4.69) is 19.2 Å². The van der Waals surface area contributed by atoms with Crippen LogP contribution in [0.3, 0.4) is 0 Å². The van der Waals surface area contributed by atoms with Crippen LogP contribution < -0.4 is 14.8 Å². The van der Waals surface area contributed by atoms with Crippen molar-refractivity contribution in [2.75, 3.05) is 13.7 Å². The van der Waals surface area contributed by atoms with Gasteiger partial charge in [-0.3, -0.25) is 9.59 Å². The number of nitrogens with one attached hydrogen (secondary N) is 1. The fraction of sp³-hybridized carbons (Fsp3) is 0.462. The fourth-order valence-corrected chi connectivity index (χ4v) is 3.58. The van der Waals surface area contributed by atoms with Crippen LogP contribution >= 0.6 is 0 Å². The Kier molecular flexibility index (Phi) is 9.57. The molecule has 174 valence electrons. The van der Waals surface area contributed by atoms with Gasteiger partial charge in [0.25, 0.3) is 5.91 Å². The number of carbonyl (C=O) groups excluding carboxylic acids is 2. The molecule has 2 rings (SSSR count). The number of ether oxygens (including phenoxy) is 2. The molecule has 2 aromatic carbocycles. The third-order valence-electron chi connectivity index (χ3n) is 5.20. The van der Waals surface area contributed by atoms with Crippen molar-refractivity contribution in [1.29, 1.82) is 0 Å². The van der Waals surface area contributed by atoms with Crippen molar-refractivity contribution in [3.05, 3.63) is 59.7 Å². The molecule has 0 heterocycles. The number of amides is 2. The number of benzene rings is 2. The predicted octanol–water partition coefficient (Wildman–Crippen LogP) is 4.53. The SMILES string of the molecule is CCC(C(=O)NC(C)C)N(Cc1cccc(OC)c1)C(=O)COc1ccccc1C(C)C. The van der Waals surface area contributed by atoms with E-state index in [0.29, 0.717) is 17.9 Å². The Morgan fingerprint density at radius 1 is 1.03 bits per heavy atom. The summed E-state index contributed by atoms with van der Waals surface area (Å²) in [6.07, 6.45) is 0.497. The number of rotatable bonds is 11. The Labute approximate surface area is 191 Å². The standard InChI is InChI=1S/C26H36N2O4/c1-7-23(26(30)27-19(4)5)28(16-20-11-10-12-21(15-20)31-6)25(29)17-32-24-14-9-8-13-22(24)18(2)3/h8-15,18-19,23H,7,16-17H2,1-6H3,(H,27,30). The summed E-state index contributed by atoms with van der Waals surface area (Å²) in [7, 11) is 1.60. The molecule has 2 amide bonds. The van der Waals surface area contributed by atoms with Crippen molar-refractivity contribution in [1.82, 2.24) is 10.2 Å². The molecule has 1 atom stereocenters. The minimum absolute atomic E-state index is 0.0144. The van der Waals surface area contributed by atoms with Crippen LogP contribution in [0.25, 0.3) is 0 Å². The molecule has 32 heavy (non-hydrogen) atoms. The fourth-order valence-electron chi connectivity index (χ4n) is 3.58. The maximum Gasteiger partial charge on any atom is 0.261 e. The third kappa shape index (κ3) is 7.01. The molecule has 0 saturated carbocycles. The number of para-hydroxylation sites is 1. The van der Waals surface area contributed by atoms with Crippen molar-refractivity contribution in [2.45, 2.75) is 65.6 Å². The second kappa shape index (κ2) is 12.1. The van der Waals surface area contributed by atoms with Gasteiger partial charge in [0.05, 0.1) is 7.11 Å². The number of nitrogens with zero attached hydrogens (tertiary/aromatic N) is 1. The van der Waals surface area contributed by atoms with Gasteiger partial charge in [-0.2, -0.15) is 0 Å². The van der Waals surface area contributed by atoms with E-state index in [-0.39, 0.29) is 36.9 Å². The van der Waals surface area contributed by atoms with Crippen LogP contribution in [0.1, 0.15) is 58.1 Å². The molecule has 0 aliphatic heterocycles. The second-order valence-corrected chi connectivity index (χ2v) is 8.44. The third-order valence-corrected chi connectivity index (χ3v) is 5.20. The van der Waals surface area contributed by atoms with Gasteiger partial charge in [-0.25, -0.2) is 0 Å². The molecule has 0 spiro atoms. The lowest BCUT2D eigenvalue weighted by molar-refractivity contribution is -0.143. The number of hydrogen-bond acceptors (Lipinski definition) is 4. The molecule has 0 radical (unpaired) electrons. The van der Waals surface area contributed by atoms with Crippen molar-refractivity contribution >= 4 is 11.8 Å². The highest BCUT2D eigenvalue weighted by Gasteiger charge is 2.29.